The summed E-state index contributed by atoms with van der Waals surface area (Å²) >= 11 is 6.52. The van der Waals surface area contributed by atoms with Gasteiger partial charge in [0.25, 0.3) is 21.5 Å². The number of hydrogen-bond acceptors (Lipinski definition) is 9. The number of pyridine rings is 1. The van der Waals surface area contributed by atoms with Crippen molar-refractivity contribution in [2.75, 3.05) is 43.9 Å². The summed E-state index contributed by atoms with van der Waals surface area (Å²) in [6.45, 7) is 2.79. The normalized spacial score (nSPS) is 13.6. The lowest BCUT2D eigenvalue weighted by molar-refractivity contribution is 0.0947. The molecule has 2 aromatic carbocycles. The van der Waals surface area contributed by atoms with Crippen LogP contribution >= 0.6 is 22.9 Å². The molecule has 1 aliphatic heterocycles. The molecule has 3 amide bonds. The number of anilines is 2. The van der Waals surface area contributed by atoms with Gasteiger partial charge in [0, 0.05) is 42.3 Å². The van der Waals surface area contributed by atoms with Crippen LogP contribution in [0.5, 0.6) is 5.88 Å². The van der Waals surface area contributed by atoms with Gasteiger partial charge in [-0.25, -0.2) is 26.9 Å². The average Bonchev–Trinajstić information content (AvgIpc) is 3.66. The van der Waals surface area contributed by atoms with Crippen LogP contribution in [0, 0.1) is 5.82 Å². The van der Waals surface area contributed by atoms with E-state index in [2.05, 4.69) is 20.9 Å². The monoisotopic (exact) mass is 662 g/mol. The number of carbonyl (C=O) groups excluding carboxylic acids is 2. The predicted octanol–water partition coefficient (Wildman–Crippen LogP) is 3.93. The highest BCUT2D eigenvalue weighted by molar-refractivity contribution is 7.92. The largest absolute Gasteiger partial charge is 0.494 e. The molecule has 5 N–H and O–H groups in total. The maximum atomic E-state index is 15.5. The standard InChI is InChI=1S/C28H28ClFN6O6S2/c1-31-16-4-6-18-19(14-16)24(25(37)32-10-13-35-11-2-3-12-35)27(39)36(26(18)38)21-7-5-17(15-20(21)30)33-28(40)34-44(41,42)23-9-8-22(29)43-23/h4-9,14-15,31,39H,2-3,10-13H2,1H3,(H,32,37)(H2,33,34,40). The number of benzene rings is 2. The number of rotatable bonds is 9. The molecular formula is C28H28ClFN6O6S2. The van der Waals surface area contributed by atoms with E-state index in [0.29, 0.717) is 23.3 Å². The maximum Gasteiger partial charge on any atom is 0.333 e. The molecule has 16 heteroatoms. The van der Waals surface area contributed by atoms with Gasteiger partial charge >= 0.3 is 6.03 Å². The Hall–Kier alpha value is -4.18. The molecule has 0 aliphatic carbocycles. The van der Waals surface area contributed by atoms with E-state index < -0.39 is 44.9 Å². The first-order valence-electron chi connectivity index (χ1n) is 13.5. The first kappa shape index (κ1) is 31.3. The van der Waals surface area contributed by atoms with Crippen molar-refractivity contribution in [3.05, 3.63) is 74.6 Å². The molecule has 2 aromatic heterocycles. The molecule has 1 aliphatic rings. The van der Waals surface area contributed by atoms with Gasteiger partial charge in [0.05, 0.1) is 10.0 Å². The molecule has 0 unspecified atom stereocenters. The fraction of sp³-hybridized carbons (Fsp3) is 0.250. The highest BCUT2D eigenvalue weighted by atomic mass is 35.5. The first-order chi connectivity index (χ1) is 21.0. The summed E-state index contributed by atoms with van der Waals surface area (Å²) in [4.78, 5) is 41.5. The van der Waals surface area contributed by atoms with Crippen LogP contribution in [0.2, 0.25) is 4.34 Å². The second kappa shape index (κ2) is 12.8. The molecule has 3 heterocycles. The third-order valence-electron chi connectivity index (χ3n) is 7.07. The van der Waals surface area contributed by atoms with Gasteiger partial charge in [0.2, 0.25) is 5.88 Å². The molecule has 1 fully saturated rings. The topological polar surface area (TPSA) is 162 Å². The number of halogens is 2. The number of fused-ring (bicyclic) bond motifs is 1. The van der Waals surface area contributed by atoms with E-state index >= 15 is 4.39 Å². The highest BCUT2D eigenvalue weighted by Crippen LogP contribution is 2.31. The number of urea groups is 1. The molecule has 0 radical (unpaired) electrons. The first-order valence-corrected chi connectivity index (χ1v) is 16.2. The molecule has 4 aromatic rings. The van der Waals surface area contributed by atoms with E-state index in [-0.39, 0.29) is 30.6 Å². The third kappa shape index (κ3) is 6.50. The molecule has 0 spiro atoms. The fourth-order valence-electron chi connectivity index (χ4n) is 4.95. The molecular weight excluding hydrogens is 635 g/mol. The summed E-state index contributed by atoms with van der Waals surface area (Å²) < 4.78 is 42.8. The van der Waals surface area contributed by atoms with Crippen molar-refractivity contribution < 1.29 is 27.5 Å². The number of nitrogens with one attached hydrogen (secondary N) is 4. The number of carbonyl (C=O) groups is 2. The van der Waals surface area contributed by atoms with E-state index in [4.69, 9.17) is 11.6 Å². The zero-order valence-corrected chi connectivity index (χ0v) is 25.7. The Balaban J connectivity index is 1.46. The van der Waals surface area contributed by atoms with Gasteiger partial charge in [-0.2, -0.15) is 0 Å². The van der Waals surface area contributed by atoms with Gasteiger partial charge in [0.15, 0.2) is 0 Å². The number of aromatic hydroxyl groups is 1. The zero-order valence-electron chi connectivity index (χ0n) is 23.3. The summed E-state index contributed by atoms with van der Waals surface area (Å²) in [5.74, 6) is -2.45. The zero-order chi connectivity index (χ0) is 31.6. The van der Waals surface area contributed by atoms with Crippen LogP contribution < -0.4 is 26.2 Å². The van der Waals surface area contributed by atoms with Crippen LogP contribution in [0.4, 0.5) is 20.6 Å². The van der Waals surface area contributed by atoms with Crippen molar-refractivity contribution in [1.29, 1.82) is 0 Å². The van der Waals surface area contributed by atoms with Crippen molar-refractivity contribution in [3.8, 4) is 11.6 Å². The minimum absolute atomic E-state index is 0.0614. The maximum absolute atomic E-state index is 15.5. The third-order valence-corrected chi connectivity index (χ3v) is 10.1. The van der Waals surface area contributed by atoms with Crippen LogP contribution in [0.15, 0.2) is 57.5 Å². The molecule has 44 heavy (non-hydrogen) atoms. The Labute approximate surface area is 260 Å². The number of likely N-dealkylation sites (tertiary alicyclic amines) is 1. The molecule has 0 bridgehead atoms. The lowest BCUT2D eigenvalue weighted by Crippen LogP contribution is -2.34. The predicted molar refractivity (Wildman–Crippen MR) is 167 cm³/mol. The van der Waals surface area contributed by atoms with Crippen LogP contribution in [-0.2, 0) is 10.0 Å². The number of amides is 3. The highest BCUT2D eigenvalue weighted by Gasteiger charge is 2.25. The smallest absolute Gasteiger partial charge is 0.333 e. The lowest BCUT2D eigenvalue weighted by atomic mass is 10.0. The van der Waals surface area contributed by atoms with Gasteiger partial charge < -0.3 is 26.0 Å². The minimum Gasteiger partial charge on any atom is -0.494 e. The van der Waals surface area contributed by atoms with E-state index in [1.54, 1.807) is 23.9 Å². The Morgan fingerprint density at radius 3 is 2.43 bits per heavy atom. The minimum atomic E-state index is -4.23. The van der Waals surface area contributed by atoms with Gasteiger partial charge in [0.1, 0.15) is 15.6 Å². The molecule has 5 rings (SSSR count). The summed E-state index contributed by atoms with van der Waals surface area (Å²) in [5, 5.41) is 19.5. The van der Waals surface area contributed by atoms with Gasteiger partial charge in [-0.05, 0) is 74.5 Å². The molecule has 232 valence electrons. The SMILES string of the molecule is CNc1ccc2c(=O)n(-c3ccc(NC(=O)NS(=O)(=O)c4ccc(Cl)s4)cc3F)c(O)c(C(=O)NCCN3CCCC3)c2c1. The second-order valence-corrected chi connectivity index (χ2v) is 13.6. The van der Waals surface area contributed by atoms with Crippen LogP contribution in [0.3, 0.4) is 0 Å². The van der Waals surface area contributed by atoms with Crippen molar-refractivity contribution in [2.45, 2.75) is 17.1 Å². The molecule has 12 nitrogen and oxygen atoms in total. The van der Waals surface area contributed by atoms with Gasteiger partial charge in [-0.1, -0.05) is 11.6 Å². The van der Waals surface area contributed by atoms with Crippen molar-refractivity contribution >= 4 is 67.0 Å². The Kier molecular flexibility index (Phi) is 9.10. The second-order valence-electron chi connectivity index (χ2n) is 9.94. The lowest BCUT2D eigenvalue weighted by Gasteiger charge is -2.18. The van der Waals surface area contributed by atoms with E-state index in [0.717, 1.165) is 49.4 Å². The molecule has 0 atom stereocenters. The van der Waals surface area contributed by atoms with Crippen molar-refractivity contribution in [2.24, 2.45) is 0 Å². The number of thiophene rings is 1. The van der Waals surface area contributed by atoms with Crippen molar-refractivity contribution in [3.63, 3.8) is 0 Å². The number of hydrogen-bond donors (Lipinski definition) is 5. The summed E-state index contributed by atoms with van der Waals surface area (Å²) in [6, 6.07) is 9.23. The molecule has 0 saturated carbocycles. The van der Waals surface area contributed by atoms with Crippen LogP contribution in [0.1, 0.15) is 23.2 Å². The van der Waals surface area contributed by atoms with E-state index in [9.17, 15) is 27.9 Å². The Morgan fingerprint density at radius 1 is 1.05 bits per heavy atom. The number of nitrogens with zero attached hydrogens (tertiary/aromatic N) is 2. The summed E-state index contributed by atoms with van der Waals surface area (Å²) in [6.07, 6.45) is 2.18. The van der Waals surface area contributed by atoms with E-state index in [1.165, 1.54) is 24.3 Å². The van der Waals surface area contributed by atoms with Gasteiger partial charge in [-0.3, -0.25) is 9.59 Å². The Morgan fingerprint density at radius 2 is 1.77 bits per heavy atom. The van der Waals surface area contributed by atoms with Crippen LogP contribution in [0.25, 0.3) is 16.5 Å². The number of sulfonamides is 1. The fourth-order valence-corrected chi connectivity index (χ4v) is 7.34. The Bertz CT molecular complexity index is 1920. The van der Waals surface area contributed by atoms with Crippen molar-refractivity contribution in [1.82, 2.24) is 19.5 Å². The molecule has 1 saturated heterocycles. The average molecular weight is 663 g/mol. The van der Waals surface area contributed by atoms with E-state index in [1.807, 2.05) is 0 Å². The van der Waals surface area contributed by atoms with Crippen LogP contribution in [-0.4, -0.2) is 68.2 Å². The number of aromatic nitrogens is 1. The quantitative estimate of drug-likeness (QED) is 0.180. The summed E-state index contributed by atoms with van der Waals surface area (Å²) in [5.41, 5.74) is -0.950. The van der Waals surface area contributed by atoms with Gasteiger partial charge in [-0.15, -0.1) is 11.3 Å². The summed E-state index contributed by atoms with van der Waals surface area (Å²) in [7, 11) is -2.56.